The molecule has 1 aliphatic heterocycles. The van der Waals surface area contributed by atoms with Crippen LogP contribution < -0.4 is 4.90 Å². The number of rotatable bonds is 3. The van der Waals surface area contributed by atoms with E-state index in [1.54, 1.807) is 36.4 Å². The van der Waals surface area contributed by atoms with Crippen molar-refractivity contribution in [3.63, 3.8) is 0 Å². The molecule has 3 aromatic carbocycles. The molecule has 0 radical (unpaired) electrons. The summed E-state index contributed by atoms with van der Waals surface area (Å²) in [5.74, 6) is -1.24. The maximum absolute atomic E-state index is 13.3. The lowest BCUT2D eigenvalue weighted by molar-refractivity contribution is -0.128. The van der Waals surface area contributed by atoms with Crippen molar-refractivity contribution in [2.24, 2.45) is 0 Å². The third kappa shape index (κ3) is 3.40. The van der Waals surface area contributed by atoms with Crippen molar-refractivity contribution in [2.45, 2.75) is 13.8 Å². The summed E-state index contributed by atoms with van der Waals surface area (Å²) in [5, 5.41) is 2.28. The zero-order valence-electron chi connectivity index (χ0n) is 19.1. The molecule has 0 atom stereocenters. The van der Waals surface area contributed by atoms with Crippen molar-refractivity contribution in [1.29, 1.82) is 0 Å². The summed E-state index contributed by atoms with van der Waals surface area (Å²) in [5.41, 5.74) is 3.98. The SMILES string of the molecule is Cc1cc(/C=C2\C(=O)N(C)C(=O)N(c3ccccc3)C2=O)c(C)n1-c1ccc2ccccc2c1. The van der Waals surface area contributed by atoms with Crippen LogP contribution >= 0.6 is 0 Å². The number of fused-ring (bicyclic) bond motifs is 1. The number of aryl methyl sites for hydroxylation is 1. The molecule has 0 saturated carbocycles. The molecule has 1 aliphatic rings. The van der Waals surface area contributed by atoms with Gasteiger partial charge in [-0.2, -0.15) is 0 Å². The average molecular weight is 450 g/mol. The molecule has 1 aromatic heterocycles. The van der Waals surface area contributed by atoms with Gasteiger partial charge in [-0.1, -0.05) is 48.5 Å². The van der Waals surface area contributed by atoms with Gasteiger partial charge in [0.2, 0.25) is 0 Å². The number of urea groups is 1. The van der Waals surface area contributed by atoms with Crippen molar-refractivity contribution in [3.8, 4) is 5.69 Å². The zero-order valence-corrected chi connectivity index (χ0v) is 19.1. The van der Waals surface area contributed by atoms with Gasteiger partial charge < -0.3 is 4.57 Å². The molecular weight excluding hydrogens is 426 g/mol. The zero-order chi connectivity index (χ0) is 24.0. The Balaban J connectivity index is 1.59. The first kappa shape index (κ1) is 21.4. The number of carbonyl (C=O) groups excluding carboxylic acids is 3. The van der Waals surface area contributed by atoms with Crippen molar-refractivity contribution < 1.29 is 14.4 Å². The number of hydrogen-bond donors (Lipinski definition) is 0. The third-order valence-corrected chi connectivity index (χ3v) is 6.22. The Labute approximate surface area is 197 Å². The summed E-state index contributed by atoms with van der Waals surface area (Å²) in [7, 11) is 1.39. The van der Waals surface area contributed by atoms with Crippen molar-refractivity contribution in [2.75, 3.05) is 11.9 Å². The Morgan fingerprint density at radius 2 is 1.38 bits per heavy atom. The summed E-state index contributed by atoms with van der Waals surface area (Å²) in [6.07, 6.45) is 1.59. The van der Waals surface area contributed by atoms with Crippen molar-refractivity contribution in [1.82, 2.24) is 9.47 Å². The molecule has 2 heterocycles. The number of barbiturate groups is 1. The summed E-state index contributed by atoms with van der Waals surface area (Å²) in [6.45, 7) is 3.94. The third-order valence-electron chi connectivity index (χ3n) is 6.22. The minimum atomic E-state index is -0.667. The molecule has 4 aromatic rings. The van der Waals surface area contributed by atoms with Crippen molar-refractivity contribution in [3.05, 3.63) is 101 Å². The average Bonchev–Trinajstić information content (AvgIpc) is 3.13. The molecule has 6 heteroatoms. The number of imide groups is 2. The van der Waals surface area contributed by atoms with E-state index in [4.69, 9.17) is 0 Å². The largest absolute Gasteiger partial charge is 0.338 e. The Morgan fingerprint density at radius 1 is 0.706 bits per heavy atom. The Hall–Kier alpha value is -4.45. The highest BCUT2D eigenvalue weighted by atomic mass is 16.2. The smallest absolute Gasteiger partial charge is 0.318 e. The van der Waals surface area contributed by atoms with E-state index in [1.807, 2.05) is 32.0 Å². The van der Waals surface area contributed by atoms with E-state index in [1.165, 1.54) is 7.05 Å². The first-order valence-corrected chi connectivity index (χ1v) is 11.0. The second kappa shape index (κ2) is 8.15. The Morgan fingerprint density at radius 3 is 2.12 bits per heavy atom. The number of aromatic nitrogens is 1. The molecule has 0 spiro atoms. The number of amides is 4. The minimum Gasteiger partial charge on any atom is -0.318 e. The fraction of sp³-hybridized carbons (Fsp3) is 0.107. The minimum absolute atomic E-state index is 0.0512. The van der Waals surface area contributed by atoms with E-state index in [9.17, 15) is 14.4 Å². The fourth-order valence-corrected chi connectivity index (χ4v) is 4.45. The first-order valence-electron chi connectivity index (χ1n) is 11.0. The number of anilines is 1. The van der Waals surface area contributed by atoms with Crippen LogP contribution in [0.5, 0.6) is 0 Å². The molecule has 1 saturated heterocycles. The van der Waals surface area contributed by atoms with E-state index < -0.39 is 17.8 Å². The van der Waals surface area contributed by atoms with E-state index in [2.05, 4.69) is 34.9 Å². The standard InChI is InChI=1S/C28H23N3O3/c1-18-15-22(19(2)30(18)24-14-13-20-9-7-8-10-21(20)16-24)17-25-26(32)29(3)28(34)31(27(25)33)23-11-5-4-6-12-23/h4-17H,1-3H3/b25-17+. The number of para-hydroxylation sites is 1. The van der Waals surface area contributed by atoms with Crippen LogP contribution in [0.3, 0.4) is 0 Å². The number of nitrogens with zero attached hydrogens (tertiary/aromatic N) is 3. The predicted molar refractivity (Wildman–Crippen MR) is 133 cm³/mol. The second-order valence-corrected chi connectivity index (χ2v) is 8.37. The first-order chi connectivity index (χ1) is 16.4. The highest BCUT2D eigenvalue weighted by Gasteiger charge is 2.41. The predicted octanol–water partition coefficient (Wildman–Crippen LogP) is 5.26. The van der Waals surface area contributed by atoms with Gasteiger partial charge in [-0.25, -0.2) is 9.69 Å². The van der Waals surface area contributed by atoms with Crippen LogP contribution in [0, 0.1) is 13.8 Å². The van der Waals surface area contributed by atoms with Gasteiger partial charge in [0.25, 0.3) is 11.8 Å². The quantitative estimate of drug-likeness (QED) is 0.317. The molecule has 0 bridgehead atoms. The normalized spacial score (nSPS) is 15.6. The van der Waals surface area contributed by atoms with Crippen LogP contribution in [0.4, 0.5) is 10.5 Å². The molecule has 0 unspecified atom stereocenters. The van der Waals surface area contributed by atoms with Gasteiger partial charge in [-0.15, -0.1) is 0 Å². The van der Waals surface area contributed by atoms with Gasteiger partial charge in [0.1, 0.15) is 5.57 Å². The monoisotopic (exact) mass is 449 g/mol. The number of carbonyl (C=O) groups is 3. The van der Waals surface area contributed by atoms with Gasteiger partial charge in [0, 0.05) is 24.1 Å². The van der Waals surface area contributed by atoms with Gasteiger partial charge in [-0.3, -0.25) is 14.5 Å². The summed E-state index contributed by atoms with van der Waals surface area (Å²) >= 11 is 0. The highest BCUT2D eigenvalue weighted by molar-refractivity contribution is 6.39. The fourth-order valence-electron chi connectivity index (χ4n) is 4.45. The molecule has 34 heavy (non-hydrogen) atoms. The summed E-state index contributed by atoms with van der Waals surface area (Å²) < 4.78 is 2.10. The van der Waals surface area contributed by atoms with Crippen LogP contribution in [0.2, 0.25) is 0 Å². The number of likely N-dealkylation sites (N-methyl/N-ethyl adjacent to an activating group) is 1. The lowest BCUT2D eigenvalue weighted by Crippen LogP contribution is -2.55. The number of benzene rings is 3. The van der Waals surface area contributed by atoms with Crippen LogP contribution in [-0.2, 0) is 9.59 Å². The van der Waals surface area contributed by atoms with Crippen LogP contribution in [0.1, 0.15) is 17.0 Å². The molecule has 5 rings (SSSR count). The second-order valence-electron chi connectivity index (χ2n) is 8.37. The van der Waals surface area contributed by atoms with Gasteiger partial charge in [-0.05, 0) is 66.6 Å². The molecule has 4 amide bonds. The molecule has 6 nitrogen and oxygen atoms in total. The van der Waals surface area contributed by atoms with Gasteiger partial charge in [0.05, 0.1) is 5.69 Å². The highest BCUT2D eigenvalue weighted by Crippen LogP contribution is 2.29. The molecule has 0 aliphatic carbocycles. The van der Waals surface area contributed by atoms with Crippen LogP contribution in [0.25, 0.3) is 22.5 Å². The summed E-state index contributed by atoms with van der Waals surface area (Å²) in [6, 6.07) is 24.3. The molecule has 1 fully saturated rings. The lowest BCUT2D eigenvalue weighted by Gasteiger charge is -2.31. The Bertz CT molecular complexity index is 1500. The summed E-state index contributed by atoms with van der Waals surface area (Å²) in [4.78, 5) is 41.0. The molecule has 168 valence electrons. The maximum atomic E-state index is 13.3. The number of hydrogen-bond acceptors (Lipinski definition) is 3. The lowest BCUT2D eigenvalue weighted by atomic mass is 10.1. The van der Waals surface area contributed by atoms with E-state index >= 15 is 0 Å². The molecule has 0 N–H and O–H groups in total. The molecular formula is C28H23N3O3. The van der Waals surface area contributed by atoms with Gasteiger partial charge >= 0.3 is 6.03 Å². The van der Waals surface area contributed by atoms with Crippen molar-refractivity contribution >= 4 is 40.4 Å². The van der Waals surface area contributed by atoms with Crippen LogP contribution in [-0.4, -0.2) is 34.4 Å². The maximum Gasteiger partial charge on any atom is 0.338 e. The van der Waals surface area contributed by atoms with Gasteiger partial charge in [0.15, 0.2) is 0 Å². The topological polar surface area (TPSA) is 62.6 Å². The van der Waals surface area contributed by atoms with E-state index in [-0.39, 0.29) is 5.57 Å². The Kier molecular flexibility index (Phi) is 5.13. The van der Waals surface area contributed by atoms with Crippen LogP contribution in [0.15, 0.2) is 84.4 Å². The van der Waals surface area contributed by atoms with E-state index in [0.717, 1.165) is 43.2 Å². The van der Waals surface area contributed by atoms with E-state index in [0.29, 0.717) is 5.69 Å².